The van der Waals surface area contributed by atoms with Gasteiger partial charge in [-0.05, 0) is 55.2 Å². The van der Waals surface area contributed by atoms with Crippen LogP contribution in [0.3, 0.4) is 0 Å². The highest BCUT2D eigenvalue weighted by atomic mass is 16.1. The van der Waals surface area contributed by atoms with Crippen molar-refractivity contribution in [2.24, 2.45) is 5.73 Å². The maximum Gasteiger partial charge on any atom is 0.249 e. The van der Waals surface area contributed by atoms with Gasteiger partial charge in [0, 0.05) is 22.9 Å². The molecule has 28 heavy (non-hydrogen) atoms. The van der Waals surface area contributed by atoms with E-state index >= 15 is 0 Å². The highest BCUT2D eigenvalue weighted by molar-refractivity contribution is 6.17. The number of carbonyl (C=O) groups is 1. The Balaban J connectivity index is 1.97. The molecule has 0 spiro atoms. The normalized spacial score (nSPS) is 11.4. The molecule has 4 aromatic rings. The molecule has 141 valence electrons. The lowest BCUT2D eigenvalue weighted by atomic mass is 10.0. The molecule has 1 radical (unpaired) electrons. The Morgan fingerprint density at radius 2 is 1.89 bits per heavy atom. The number of rotatable bonds is 6. The van der Waals surface area contributed by atoms with Crippen LogP contribution in [0.4, 0.5) is 0 Å². The standard InChI is InChI=1S/C25H25N2O/c1-3-4-8-18-12-13-20-23(15-18)27(16-19-9-5-7-17(2)14-19)22-11-6-10-21(24(20)22)25(26)28/h5-7,9-12,14-15H,3-4,8,16H2,1-2H3,(H2,26,28). The van der Waals surface area contributed by atoms with Gasteiger partial charge in [0.15, 0.2) is 0 Å². The SMILES string of the molecule is CCCCc1c[c]c2c3c(C(N)=O)cccc3n(Cc3cccc(C)c3)c2c1. The number of nitrogens with zero attached hydrogens (tertiary/aromatic N) is 1. The van der Waals surface area contributed by atoms with E-state index in [2.05, 4.69) is 66.9 Å². The first-order valence-electron chi connectivity index (χ1n) is 9.89. The Kier molecular flexibility index (Phi) is 4.91. The van der Waals surface area contributed by atoms with Crippen molar-refractivity contribution < 1.29 is 4.79 Å². The molecule has 0 atom stereocenters. The Bertz CT molecular complexity index is 1170. The molecule has 0 aliphatic rings. The third-order valence-electron chi connectivity index (χ3n) is 5.36. The second-order valence-electron chi connectivity index (χ2n) is 7.51. The van der Waals surface area contributed by atoms with Gasteiger partial charge in [0.2, 0.25) is 5.91 Å². The van der Waals surface area contributed by atoms with Crippen LogP contribution in [0, 0.1) is 13.0 Å². The number of primary amides is 1. The minimum Gasteiger partial charge on any atom is -0.366 e. The van der Waals surface area contributed by atoms with E-state index in [0.717, 1.165) is 47.6 Å². The van der Waals surface area contributed by atoms with Gasteiger partial charge in [-0.15, -0.1) is 0 Å². The van der Waals surface area contributed by atoms with Crippen LogP contribution in [-0.4, -0.2) is 10.5 Å². The van der Waals surface area contributed by atoms with Gasteiger partial charge in [-0.25, -0.2) is 0 Å². The lowest BCUT2D eigenvalue weighted by Gasteiger charge is -2.10. The van der Waals surface area contributed by atoms with Gasteiger partial charge in [0.25, 0.3) is 0 Å². The second kappa shape index (κ2) is 7.51. The van der Waals surface area contributed by atoms with Crippen molar-refractivity contribution in [3.05, 3.63) is 82.9 Å². The average molecular weight is 369 g/mol. The van der Waals surface area contributed by atoms with Crippen molar-refractivity contribution in [2.45, 2.75) is 39.7 Å². The van der Waals surface area contributed by atoms with Gasteiger partial charge in [-0.2, -0.15) is 0 Å². The summed E-state index contributed by atoms with van der Waals surface area (Å²) >= 11 is 0. The first kappa shape index (κ1) is 18.3. The van der Waals surface area contributed by atoms with Gasteiger partial charge in [0.1, 0.15) is 0 Å². The Morgan fingerprint density at radius 3 is 2.64 bits per heavy atom. The van der Waals surface area contributed by atoms with Crippen LogP contribution in [-0.2, 0) is 13.0 Å². The molecule has 0 saturated carbocycles. The van der Waals surface area contributed by atoms with Crippen molar-refractivity contribution >= 4 is 27.7 Å². The van der Waals surface area contributed by atoms with Crippen molar-refractivity contribution in [1.29, 1.82) is 0 Å². The average Bonchev–Trinajstić information content (AvgIpc) is 2.99. The number of aromatic nitrogens is 1. The van der Waals surface area contributed by atoms with E-state index in [1.807, 2.05) is 6.07 Å². The summed E-state index contributed by atoms with van der Waals surface area (Å²) in [6.07, 6.45) is 3.36. The quantitative estimate of drug-likeness (QED) is 0.486. The molecule has 0 saturated heterocycles. The lowest BCUT2D eigenvalue weighted by molar-refractivity contribution is 0.100. The van der Waals surface area contributed by atoms with Gasteiger partial charge >= 0.3 is 0 Å². The zero-order valence-electron chi connectivity index (χ0n) is 16.5. The predicted molar refractivity (Wildman–Crippen MR) is 116 cm³/mol. The van der Waals surface area contributed by atoms with Crippen LogP contribution < -0.4 is 5.73 Å². The molecule has 0 aliphatic heterocycles. The molecule has 2 N–H and O–H groups in total. The number of nitrogens with two attached hydrogens (primary N) is 1. The molecule has 3 heteroatoms. The summed E-state index contributed by atoms with van der Waals surface area (Å²) in [6, 6.07) is 22.1. The number of aryl methyl sites for hydroxylation is 2. The van der Waals surface area contributed by atoms with Crippen LogP contribution in [0.2, 0.25) is 0 Å². The van der Waals surface area contributed by atoms with E-state index < -0.39 is 5.91 Å². The van der Waals surface area contributed by atoms with Crippen molar-refractivity contribution in [3.8, 4) is 0 Å². The van der Waals surface area contributed by atoms with Gasteiger partial charge in [0.05, 0.1) is 11.0 Å². The van der Waals surface area contributed by atoms with Crippen LogP contribution in [0.5, 0.6) is 0 Å². The summed E-state index contributed by atoms with van der Waals surface area (Å²) in [7, 11) is 0. The van der Waals surface area contributed by atoms with Crippen LogP contribution in [0.1, 0.15) is 46.8 Å². The number of amides is 1. The van der Waals surface area contributed by atoms with E-state index in [-0.39, 0.29) is 0 Å². The Morgan fingerprint density at radius 1 is 1.07 bits per heavy atom. The summed E-state index contributed by atoms with van der Waals surface area (Å²) < 4.78 is 2.29. The number of fused-ring (bicyclic) bond motifs is 3. The number of hydrogen-bond donors (Lipinski definition) is 1. The minimum atomic E-state index is -0.399. The first-order valence-corrected chi connectivity index (χ1v) is 9.89. The fraction of sp³-hybridized carbons (Fsp3) is 0.240. The molecular weight excluding hydrogens is 344 g/mol. The van der Waals surface area contributed by atoms with Gasteiger partial charge in [-0.3, -0.25) is 4.79 Å². The molecule has 1 aromatic heterocycles. The number of unbranched alkanes of at least 4 members (excludes halogenated alkanes) is 1. The van der Waals surface area contributed by atoms with Gasteiger partial charge < -0.3 is 10.3 Å². The maximum atomic E-state index is 12.1. The van der Waals surface area contributed by atoms with Crippen LogP contribution >= 0.6 is 0 Å². The number of carbonyl (C=O) groups excluding carboxylic acids is 1. The zero-order valence-corrected chi connectivity index (χ0v) is 16.5. The minimum absolute atomic E-state index is 0.399. The molecule has 0 aliphatic carbocycles. The van der Waals surface area contributed by atoms with E-state index in [0.29, 0.717) is 5.56 Å². The van der Waals surface area contributed by atoms with E-state index in [1.165, 1.54) is 16.7 Å². The van der Waals surface area contributed by atoms with Gasteiger partial charge in [-0.1, -0.05) is 55.3 Å². The highest BCUT2D eigenvalue weighted by Crippen LogP contribution is 2.33. The van der Waals surface area contributed by atoms with E-state index in [9.17, 15) is 4.79 Å². The summed E-state index contributed by atoms with van der Waals surface area (Å²) in [5.74, 6) is -0.399. The predicted octanol–water partition coefficient (Wildman–Crippen LogP) is 5.39. The summed E-state index contributed by atoms with van der Waals surface area (Å²) in [4.78, 5) is 12.1. The number of benzene rings is 3. The smallest absolute Gasteiger partial charge is 0.249 e. The third-order valence-corrected chi connectivity index (χ3v) is 5.36. The van der Waals surface area contributed by atoms with E-state index in [1.54, 1.807) is 6.07 Å². The second-order valence-corrected chi connectivity index (χ2v) is 7.51. The molecular formula is C25H25N2O. The molecule has 3 aromatic carbocycles. The van der Waals surface area contributed by atoms with Crippen LogP contribution in [0.25, 0.3) is 21.8 Å². The summed E-state index contributed by atoms with van der Waals surface area (Å²) in [6.45, 7) is 5.06. The molecule has 3 nitrogen and oxygen atoms in total. The highest BCUT2D eigenvalue weighted by Gasteiger charge is 2.17. The third kappa shape index (κ3) is 3.29. The molecule has 4 rings (SSSR count). The van der Waals surface area contributed by atoms with Crippen molar-refractivity contribution in [1.82, 2.24) is 4.57 Å². The fourth-order valence-electron chi connectivity index (χ4n) is 3.99. The summed E-state index contributed by atoms with van der Waals surface area (Å²) in [5, 5.41) is 1.87. The van der Waals surface area contributed by atoms with E-state index in [4.69, 9.17) is 5.73 Å². The molecule has 0 unspecified atom stereocenters. The van der Waals surface area contributed by atoms with Crippen molar-refractivity contribution in [3.63, 3.8) is 0 Å². The fourth-order valence-corrected chi connectivity index (χ4v) is 3.99. The Hall–Kier alpha value is -3.07. The molecule has 0 fully saturated rings. The molecule has 0 bridgehead atoms. The Labute approximate surface area is 165 Å². The first-order chi connectivity index (χ1) is 13.6. The zero-order chi connectivity index (χ0) is 19.7. The summed E-state index contributed by atoms with van der Waals surface area (Å²) in [5.41, 5.74) is 12.1. The topological polar surface area (TPSA) is 48.0 Å². The maximum absolute atomic E-state index is 12.1. The van der Waals surface area contributed by atoms with Crippen molar-refractivity contribution in [2.75, 3.05) is 0 Å². The molecule has 1 amide bonds. The number of hydrogen-bond acceptors (Lipinski definition) is 1. The monoisotopic (exact) mass is 369 g/mol. The largest absolute Gasteiger partial charge is 0.366 e. The van der Waals surface area contributed by atoms with Crippen LogP contribution in [0.15, 0.2) is 54.6 Å². The molecule has 1 heterocycles. The lowest BCUT2D eigenvalue weighted by Crippen LogP contribution is -2.11.